The van der Waals surface area contributed by atoms with Crippen molar-refractivity contribution >= 4 is 15.7 Å². The predicted octanol–water partition coefficient (Wildman–Crippen LogP) is 2.61. The van der Waals surface area contributed by atoms with Crippen LogP contribution in [0.15, 0.2) is 30.3 Å². The fourth-order valence-electron chi connectivity index (χ4n) is 1.01. The second-order valence-electron chi connectivity index (χ2n) is 4.49. The maximum atomic E-state index is 11.4. The zero-order valence-electron chi connectivity index (χ0n) is 9.41. The summed E-state index contributed by atoms with van der Waals surface area (Å²) in [5.74, 6) is -0.144. The van der Waals surface area contributed by atoms with Gasteiger partial charge in [0, 0.05) is 0 Å². The third-order valence-corrected chi connectivity index (χ3v) is 2.60. The predicted molar refractivity (Wildman–Crippen MR) is 61.7 cm³/mol. The van der Waals surface area contributed by atoms with E-state index in [1.54, 1.807) is 0 Å². The van der Waals surface area contributed by atoms with E-state index in [-0.39, 0.29) is 20.8 Å². The van der Waals surface area contributed by atoms with E-state index in [1.807, 2.05) is 30.3 Å². The monoisotopic (exact) mass is 220 g/mol. The summed E-state index contributed by atoms with van der Waals surface area (Å²) in [5, 5.41) is 0.0619. The number of benzene rings is 1. The molecule has 0 fully saturated rings. The Morgan fingerprint density at radius 2 is 1.87 bits per heavy atom. The quantitative estimate of drug-likeness (QED) is 0.732. The first-order valence-corrected chi connectivity index (χ1v) is 5.89. The zero-order valence-corrected chi connectivity index (χ0v) is 10.4. The van der Waals surface area contributed by atoms with Gasteiger partial charge in [0.2, 0.25) is 0 Å². The summed E-state index contributed by atoms with van der Waals surface area (Å²) >= 11 is 0. The molecule has 0 spiro atoms. The van der Waals surface area contributed by atoms with Crippen LogP contribution in [0, 0.1) is 0 Å². The molecule has 0 aliphatic heterocycles. The summed E-state index contributed by atoms with van der Waals surface area (Å²) in [7, 11) is 0.224. The number of rotatable bonds is 3. The van der Waals surface area contributed by atoms with Crippen LogP contribution in [0.25, 0.3) is 0 Å². The second kappa shape index (κ2) is 5.12. The van der Waals surface area contributed by atoms with Gasteiger partial charge in [0.1, 0.15) is 0 Å². The van der Waals surface area contributed by atoms with Crippen LogP contribution >= 0.6 is 0 Å². The Balaban J connectivity index is 2.38. The highest BCUT2D eigenvalue weighted by Gasteiger charge is 2.17. The summed E-state index contributed by atoms with van der Waals surface area (Å²) in [6.07, 6.45) is 0.365. The Bertz CT molecular complexity index is 314. The zero-order chi connectivity index (χ0) is 11.3. The topological polar surface area (TPSA) is 26.3 Å². The first-order chi connectivity index (χ1) is 6.97. The molecule has 3 heteroatoms. The lowest BCUT2D eigenvalue weighted by Crippen LogP contribution is -2.18. The molecule has 0 unspecified atom stereocenters. The number of hydrogen-bond acceptors (Lipinski definition) is 2. The molecule has 1 aromatic carbocycles. The molecule has 0 amide bonds. The van der Waals surface area contributed by atoms with Crippen molar-refractivity contribution in [3.8, 4) is 0 Å². The van der Waals surface area contributed by atoms with Gasteiger partial charge in [-0.2, -0.15) is 0 Å². The SMILES string of the molecule is CC(C)(C)[Si]OC(=O)Cc1ccccc1. The first-order valence-electron chi connectivity index (χ1n) is 4.98. The Kier molecular flexibility index (Phi) is 4.09. The van der Waals surface area contributed by atoms with Crippen molar-refractivity contribution in [3.05, 3.63) is 35.9 Å². The van der Waals surface area contributed by atoms with Gasteiger partial charge in [-0.05, 0) is 10.6 Å². The van der Waals surface area contributed by atoms with Crippen LogP contribution in [0.3, 0.4) is 0 Å². The fourth-order valence-corrected chi connectivity index (χ4v) is 1.50. The third-order valence-electron chi connectivity index (χ3n) is 1.66. The molecule has 0 aliphatic rings. The van der Waals surface area contributed by atoms with Crippen molar-refractivity contribution in [2.75, 3.05) is 0 Å². The van der Waals surface area contributed by atoms with E-state index in [0.29, 0.717) is 6.42 Å². The summed E-state index contributed by atoms with van der Waals surface area (Å²) in [6.45, 7) is 6.17. The molecule has 0 saturated carbocycles. The number of carbonyl (C=O) groups is 1. The average molecular weight is 220 g/mol. The van der Waals surface area contributed by atoms with Gasteiger partial charge in [-0.3, -0.25) is 4.79 Å². The minimum atomic E-state index is -0.144. The van der Waals surface area contributed by atoms with Crippen LogP contribution in [0.4, 0.5) is 0 Å². The molecule has 2 radical (unpaired) electrons. The van der Waals surface area contributed by atoms with E-state index in [1.165, 1.54) is 0 Å². The number of carbonyl (C=O) groups excluding carboxylic acids is 1. The second-order valence-corrected chi connectivity index (χ2v) is 6.40. The van der Waals surface area contributed by atoms with Crippen molar-refractivity contribution in [1.82, 2.24) is 0 Å². The van der Waals surface area contributed by atoms with E-state index in [0.717, 1.165) is 5.56 Å². The minimum Gasteiger partial charge on any atom is -0.516 e. The molecule has 0 N–H and O–H groups in total. The maximum absolute atomic E-state index is 11.4. The van der Waals surface area contributed by atoms with Crippen LogP contribution in [0.1, 0.15) is 26.3 Å². The van der Waals surface area contributed by atoms with E-state index in [9.17, 15) is 4.79 Å². The van der Waals surface area contributed by atoms with Crippen LogP contribution in [0.2, 0.25) is 5.04 Å². The highest BCUT2D eigenvalue weighted by atomic mass is 28.2. The molecule has 1 aromatic rings. The lowest BCUT2D eigenvalue weighted by Gasteiger charge is -2.15. The fraction of sp³-hybridized carbons (Fsp3) is 0.417. The third kappa shape index (κ3) is 5.37. The van der Waals surface area contributed by atoms with Crippen molar-refractivity contribution in [2.24, 2.45) is 0 Å². The van der Waals surface area contributed by atoms with Gasteiger partial charge in [0.25, 0.3) is 5.97 Å². The number of hydrogen-bond donors (Lipinski definition) is 0. The van der Waals surface area contributed by atoms with Crippen LogP contribution in [0.5, 0.6) is 0 Å². The van der Waals surface area contributed by atoms with Crippen LogP contribution in [-0.4, -0.2) is 15.7 Å². The van der Waals surface area contributed by atoms with Gasteiger partial charge in [-0.15, -0.1) is 0 Å². The lowest BCUT2D eigenvalue weighted by atomic mass is 10.2. The Morgan fingerprint density at radius 3 is 2.40 bits per heavy atom. The molecule has 0 heterocycles. The van der Waals surface area contributed by atoms with Crippen LogP contribution < -0.4 is 0 Å². The molecule has 0 saturated heterocycles. The first kappa shape index (κ1) is 12.0. The molecule has 0 aromatic heterocycles. The van der Waals surface area contributed by atoms with Gasteiger partial charge in [0.15, 0.2) is 0 Å². The van der Waals surface area contributed by atoms with Gasteiger partial charge >= 0.3 is 9.76 Å². The van der Waals surface area contributed by atoms with E-state index in [2.05, 4.69) is 20.8 Å². The van der Waals surface area contributed by atoms with Crippen molar-refractivity contribution in [1.29, 1.82) is 0 Å². The smallest absolute Gasteiger partial charge is 0.320 e. The molecule has 2 nitrogen and oxygen atoms in total. The van der Waals surface area contributed by atoms with E-state index >= 15 is 0 Å². The van der Waals surface area contributed by atoms with Gasteiger partial charge in [0.05, 0.1) is 6.42 Å². The molecular weight excluding hydrogens is 204 g/mol. The van der Waals surface area contributed by atoms with E-state index < -0.39 is 0 Å². The molecule has 0 atom stereocenters. The molecule has 0 aliphatic carbocycles. The van der Waals surface area contributed by atoms with Gasteiger partial charge in [-0.25, -0.2) is 0 Å². The summed E-state index contributed by atoms with van der Waals surface area (Å²) in [4.78, 5) is 11.4. The summed E-state index contributed by atoms with van der Waals surface area (Å²) in [6, 6.07) is 9.65. The van der Waals surface area contributed by atoms with Crippen LogP contribution in [-0.2, 0) is 15.6 Å². The van der Waals surface area contributed by atoms with Crippen molar-refractivity contribution in [2.45, 2.75) is 32.2 Å². The Morgan fingerprint density at radius 1 is 1.27 bits per heavy atom. The highest BCUT2D eigenvalue weighted by molar-refractivity contribution is 6.34. The van der Waals surface area contributed by atoms with E-state index in [4.69, 9.17) is 4.43 Å². The minimum absolute atomic E-state index is 0.0619. The summed E-state index contributed by atoms with van der Waals surface area (Å²) < 4.78 is 5.20. The van der Waals surface area contributed by atoms with Gasteiger partial charge in [-0.1, -0.05) is 51.1 Å². The summed E-state index contributed by atoms with van der Waals surface area (Å²) in [5.41, 5.74) is 1.00. The average Bonchev–Trinajstić information content (AvgIpc) is 2.15. The molecule has 80 valence electrons. The molecular formula is C12H16O2Si. The normalized spacial score (nSPS) is 11.1. The Hall–Kier alpha value is -1.09. The van der Waals surface area contributed by atoms with Crippen molar-refractivity contribution < 1.29 is 9.22 Å². The maximum Gasteiger partial charge on any atom is 0.320 e. The molecule has 1 rings (SSSR count). The standard InChI is InChI=1S/C12H16O2Si/c1-12(2,3)15-14-11(13)9-10-7-5-4-6-8-10/h4-8H,9H2,1-3H3. The van der Waals surface area contributed by atoms with Crippen molar-refractivity contribution in [3.63, 3.8) is 0 Å². The van der Waals surface area contributed by atoms with Gasteiger partial charge < -0.3 is 4.43 Å². The molecule has 0 bridgehead atoms. The highest BCUT2D eigenvalue weighted by Crippen LogP contribution is 2.20. The lowest BCUT2D eigenvalue weighted by molar-refractivity contribution is -0.133. The Labute approximate surface area is 93.6 Å². The largest absolute Gasteiger partial charge is 0.516 e. The molecule has 15 heavy (non-hydrogen) atoms.